The van der Waals surface area contributed by atoms with Crippen LogP contribution in [0.1, 0.15) is 6.42 Å². The van der Waals surface area contributed by atoms with Crippen molar-refractivity contribution in [2.45, 2.75) is 6.42 Å². The number of aliphatic carboxylic acids is 1. The van der Waals surface area contributed by atoms with E-state index in [1.807, 2.05) is 6.07 Å². The summed E-state index contributed by atoms with van der Waals surface area (Å²) in [5.41, 5.74) is 0.672. The van der Waals surface area contributed by atoms with Crippen LogP contribution in [-0.4, -0.2) is 23.7 Å². The Labute approximate surface area is 87.1 Å². The van der Waals surface area contributed by atoms with Crippen molar-refractivity contribution >= 4 is 17.7 Å². The van der Waals surface area contributed by atoms with Crippen LogP contribution in [0.25, 0.3) is 0 Å². The standard InChI is InChI=1S/C10H12N2O3/c13-9(14)6-7-11-10(15)12-8-4-2-1-3-5-8/h1-5H,6-7H2,(H,13,14)(H2,11,12,15). The third-order valence-corrected chi connectivity index (χ3v) is 1.66. The van der Waals surface area contributed by atoms with Gasteiger partial charge in [0.1, 0.15) is 0 Å². The number of carboxylic acids is 1. The Morgan fingerprint density at radius 1 is 1.20 bits per heavy atom. The van der Waals surface area contributed by atoms with Crippen LogP contribution >= 0.6 is 0 Å². The third-order valence-electron chi connectivity index (χ3n) is 1.66. The summed E-state index contributed by atoms with van der Waals surface area (Å²) in [6.07, 6.45) is -0.0811. The normalized spacial score (nSPS) is 9.33. The van der Waals surface area contributed by atoms with Crippen molar-refractivity contribution in [1.29, 1.82) is 0 Å². The first-order valence-corrected chi connectivity index (χ1v) is 4.50. The van der Waals surface area contributed by atoms with Crippen LogP contribution in [0, 0.1) is 0 Å². The summed E-state index contributed by atoms with van der Waals surface area (Å²) < 4.78 is 0. The Balaban J connectivity index is 2.28. The number of anilines is 1. The highest BCUT2D eigenvalue weighted by Gasteiger charge is 2.01. The summed E-state index contributed by atoms with van der Waals surface area (Å²) in [5.74, 6) is -0.935. The SMILES string of the molecule is O=C(O)CCNC(=O)Nc1ccccc1. The molecule has 0 aliphatic carbocycles. The predicted octanol–water partition coefficient (Wildman–Crippen LogP) is 1.28. The van der Waals surface area contributed by atoms with Gasteiger partial charge in [0.05, 0.1) is 6.42 Å². The molecule has 0 unspecified atom stereocenters. The first-order chi connectivity index (χ1) is 7.18. The van der Waals surface area contributed by atoms with E-state index in [0.29, 0.717) is 5.69 Å². The van der Waals surface area contributed by atoms with Gasteiger partial charge in [-0.2, -0.15) is 0 Å². The number of nitrogens with one attached hydrogen (secondary N) is 2. The fourth-order valence-electron chi connectivity index (χ4n) is 0.980. The van der Waals surface area contributed by atoms with Gasteiger partial charge < -0.3 is 15.7 Å². The van der Waals surface area contributed by atoms with Gasteiger partial charge in [0, 0.05) is 12.2 Å². The Kier molecular flexibility index (Phi) is 4.15. The molecule has 80 valence electrons. The molecule has 2 amide bonds. The van der Waals surface area contributed by atoms with Crippen molar-refractivity contribution < 1.29 is 14.7 Å². The summed E-state index contributed by atoms with van der Waals surface area (Å²) in [4.78, 5) is 21.3. The monoisotopic (exact) mass is 208 g/mol. The summed E-state index contributed by atoms with van der Waals surface area (Å²) in [7, 11) is 0. The van der Waals surface area contributed by atoms with E-state index in [1.165, 1.54) is 0 Å². The largest absolute Gasteiger partial charge is 0.481 e. The molecule has 0 saturated carbocycles. The lowest BCUT2D eigenvalue weighted by Crippen LogP contribution is -2.30. The number of para-hydroxylation sites is 1. The van der Waals surface area contributed by atoms with Crippen LogP contribution < -0.4 is 10.6 Å². The fraction of sp³-hybridized carbons (Fsp3) is 0.200. The quantitative estimate of drug-likeness (QED) is 0.697. The summed E-state index contributed by atoms with van der Waals surface area (Å²) >= 11 is 0. The van der Waals surface area contributed by atoms with Crippen molar-refractivity contribution in [3.05, 3.63) is 30.3 Å². The lowest BCUT2D eigenvalue weighted by Gasteiger charge is -2.05. The van der Waals surface area contributed by atoms with Crippen molar-refractivity contribution in [1.82, 2.24) is 5.32 Å². The highest BCUT2D eigenvalue weighted by atomic mass is 16.4. The Bertz CT molecular complexity index is 338. The van der Waals surface area contributed by atoms with E-state index in [2.05, 4.69) is 10.6 Å². The third kappa shape index (κ3) is 4.66. The molecule has 1 aromatic carbocycles. The van der Waals surface area contributed by atoms with Crippen molar-refractivity contribution in [2.24, 2.45) is 0 Å². The summed E-state index contributed by atoms with van der Waals surface area (Å²) in [6, 6.07) is 8.53. The van der Waals surface area contributed by atoms with E-state index in [0.717, 1.165) is 0 Å². The topological polar surface area (TPSA) is 78.4 Å². The molecule has 0 saturated heterocycles. The molecular formula is C10H12N2O3. The molecule has 1 aromatic rings. The van der Waals surface area contributed by atoms with E-state index >= 15 is 0 Å². The number of carbonyl (C=O) groups excluding carboxylic acids is 1. The maximum Gasteiger partial charge on any atom is 0.319 e. The van der Waals surface area contributed by atoms with Crippen molar-refractivity contribution in [3.63, 3.8) is 0 Å². The number of carboxylic acid groups (broad SMARTS) is 1. The average molecular weight is 208 g/mol. The molecule has 5 heteroatoms. The molecule has 0 atom stereocenters. The van der Waals surface area contributed by atoms with Crippen molar-refractivity contribution in [3.8, 4) is 0 Å². The molecule has 0 aromatic heterocycles. The maximum atomic E-state index is 11.2. The van der Waals surface area contributed by atoms with Crippen LogP contribution in [0.5, 0.6) is 0 Å². The fourth-order valence-corrected chi connectivity index (χ4v) is 0.980. The first kappa shape index (κ1) is 11.0. The number of amides is 2. The van der Waals surface area contributed by atoms with E-state index in [-0.39, 0.29) is 13.0 Å². The number of hydrogen-bond donors (Lipinski definition) is 3. The minimum atomic E-state index is -0.935. The zero-order valence-corrected chi connectivity index (χ0v) is 8.06. The van der Waals surface area contributed by atoms with Gasteiger partial charge >= 0.3 is 12.0 Å². The molecule has 0 fully saturated rings. The highest BCUT2D eigenvalue weighted by Crippen LogP contribution is 2.03. The number of rotatable bonds is 4. The molecule has 1 rings (SSSR count). The highest BCUT2D eigenvalue weighted by molar-refractivity contribution is 5.89. The average Bonchev–Trinajstić information content (AvgIpc) is 2.18. The van der Waals surface area contributed by atoms with Gasteiger partial charge in [0.2, 0.25) is 0 Å². The summed E-state index contributed by atoms with van der Waals surface area (Å²) in [6.45, 7) is 0.119. The lowest BCUT2D eigenvalue weighted by molar-refractivity contribution is -0.136. The smallest absolute Gasteiger partial charge is 0.319 e. The predicted molar refractivity (Wildman–Crippen MR) is 55.7 cm³/mol. The number of hydrogen-bond acceptors (Lipinski definition) is 2. The molecule has 3 N–H and O–H groups in total. The second-order valence-corrected chi connectivity index (χ2v) is 2.89. The molecule has 0 bridgehead atoms. The molecule has 0 radical (unpaired) electrons. The maximum absolute atomic E-state index is 11.2. The number of urea groups is 1. The summed E-state index contributed by atoms with van der Waals surface area (Å²) in [5, 5.41) is 13.3. The van der Waals surface area contributed by atoms with E-state index in [1.54, 1.807) is 24.3 Å². The minimum Gasteiger partial charge on any atom is -0.481 e. The van der Waals surface area contributed by atoms with Crippen molar-refractivity contribution in [2.75, 3.05) is 11.9 Å². The zero-order chi connectivity index (χ0) is 11.1. The molecular weight excluding hydrogens is 196 g/mol. The molecule has 0 heterocycles. The first-order valence-electron chi connectivity index (χ1n) is 4.50. The molecule has 5 nitrogen and oxygen atoms in total. The van der Waals surface area contributed by atoms with Gasteiger partial charge in [-0.15, -0.1) is 0 Å². The van der Waals surface area contributed by atoms with E-state index in [9.17, 15) is 9.59 Å². The second kappa shape index (κ2) is 5.64. The van der Waals surface area contributed by atoms with Crippen LogP contribution in [0.2, 0.25) is 0 Å². The van der Waals surface area contributed by atoms with Crippen LogP contribution in [0.3, 0.4) is 0 Å². The van der Waals surface area contributed by atoms with E-state index in [4.69, 9.17) is 5.11 Å². The van der Waals surface area contributed by atoms with Crippen LogP contribution in [0.15, 0.2) is 30.3 Å². The Hall–Kier alpha value is -2.04. The minimum absolute atomic E-state index is 0.0811. The number of carbonyl (C=O) groups is 2. The molecule has 0 spiro atoms. The van der Waals surface area contributed by atoms with Gasteiger partial charge in [0.15, 0.2) is 0 Å². The number of benzene rings is 1. The van der Waals surface area contributed by atoms with Gasteiger partial charge in [-0.25, -0.2) is 4.79 Å². The Morgan fingerprint density at radius 2 is 1.87 bits per heavy atom. The Morgan fingerprint density at radius 3 is 2.47 bits per heavy atom. The van der Waals surface area contributed by atoms with Gasteiger partial charge in [-0.3, -0.25) is 4.79 Å². The molecule has 0 aliphatic heterocycles. The zero-order valence-electron chi connectivity index (χ0n) is 8.06. The van der Waals surface area contributed by atoms with Crippen LogP contribution in [0.4, 0.5) is 10.5 Å². The van der Waals surface area contributed by atoms with E-state index < -0.39 is 12.0 Å². The van der Waals surface area contributed by atoms with Gasteiger partial charge in [0.25, 0.3) is 0 Å². The second-order valence-electron chi connectivity index (χ2n) is 2.89. The molecule has 0 aliphatic rings. The van der Waals surface area contributed by atoms with Crippen LogP contribution in [-0.2, 0) is 4.79 Å². The van der Waals surface area contributed by atoms with Gasteiger partial charge in [-0.05, 0) is 12.1 Å². The van der Waals surface area contributed by atoms with Gasteiger partial charge in [-0.1, -0.05) is 18.2 Å². The molecule has 15 heavy (non-hydrogen) atoms. The lowest BCUT2D eigenvalue weighted by atomic mass is 10.3.